The lowest BCUT2D eigenvalue weighted by molar-refractivity contribution is 0.460. The molecule has 0 amide bonds. The van der Waals surface area contributed by atoms with Crippen LogP contribution >= 0.6 is 0 Å². The van der Waals surface area contributed by atoms with E-state index in [9.17, 15) is 33.7 Å². The molecule has 0 aliphatic carbocycles. The highest BCUT2D eigenvalue weighted by Gasteiger charge is 2.22. The van der Waals surface area contributed by atoms with Gasteiger partial charge in [-0.15, -0.1) is 0 Å². The lowest BCUT2D eigenvalue weighted by atomic mass is 15.9. The summed E-state index contributed by atoms with van der Waals surface area (Å²) in [5, 5.41) is 0. The van der Waals surface area contributed by atoms with Crippen LogP contribution in [-0.4, -0.2) is 51.9 Å². The molecule has 12 nitrogen and oxygen atoms in total. The van der Waals surface area contributed by atoms with Crippen LogP contribution in [0.1, 0.15) is 0 Å². The van der Waals surface area contributed by atoms with E-state index in [1.807, 2.05) is 0 Å². The quantitative estimate of drug-likeness (QED) is 0.302. The van der Waals surface area contributed by atoms with Gasteiger partial charge in [0.15, 0.2) is 0 Å². The standard InChI is InChI=1S/2H2O6S2/c2*1-7(2,3)8(4,5)6/h2*(H,1,2,3)(H,4,5,6). The maximum Gasteiger partial charge on any atom is 0.397 e. The van der Waals surface area contributed by atoms with Crippen LogP contribution in [0.2, 0.25) is 0 Å². The van der Waals surface area contributed by atoms with Gasteiger partial charge in [0.1, 0.15) is 0 Å². The molecule has 0 spiro atoms. The van der Waals surface area contributed by atoms with E-state index in [2.05, 4.69) is 0 Å². The minimum atomic E-state index is -5.31. The average molecular weight is 324 g/mol. The Hall–Kier alpha value is -0.360. The molecule has 0 radical (unpaired) electrons. The summed E-state index contributed by atoms with van der Waals surface area (Å²) in [6.45, 7) is 0. The van der Waals surface area contributed by atoms with E-state index in [1.54, 1.807) is 0 Å². The van der Waals surface area contributed by atoms with Gasteiger partial charge in [-0.1, -0.05) is 0 Å². The van der Waals surface area contributed by atoms with Crippen LogP contribution in [-0.2, 0) is 36.6 Å². The molecule has 16 heavy (non-hydrogen) atoms. The fourth-order valence-electron chi connectivity index (χ4n) is 0. The third-order valence-corrected chi connectivity index (χ3v) is 4.79. The molecule has 0 fully saturated rings. The Morgan fingerprint density at radius 1 is 0.375 bits per heavy atom. The second-order valence-corrected chi connectivity index (χ2v) is 10.2. The Balaban J connectivity index is 0. The Morgan fingerprint density at radius 3 is 0.438 bits per heavy atom. The fourth-order valence-corrected chi connectivity index (χ4v) is 0. The molecule has 0 saturated carbocycles. The monoisotopic (exact) mass is 324 g/mol. The third kappa shape index (κ3) is 7.00. The topological polar surface area (TPSA) is 217 Å². The summed E-state index contributed by atoms with van der Waals surface area (Å²) < 4.78 is 105. The molecule has 16 heteroatoms. The first-order valence-corrected chi connectivity index (χ1v) is 9.19. The Morgan fingerprint density at radius 2 is 0.438 bits per heavy atom. The second-order valence-electron chi connectivity index (χ2n) is 1.71. The minimum Gasteiger partial charge on any atom is -0.272 e. The largest absolute Gasteiger partial charge is 0.397 e. The van der Waals surface area contributed by atoms with Crippen molar-refractivity contribution in [2.75, 3.05) is 0 Å². The summed E-state index contributed by atoms with van der Waals surface area (Å²) >= 11 is 0. The first-order chi connectivity index (χ1) is 6.50. The molecule has 0 heterocycles. The molecule has 4 N–H and O–H groups in total. The van der Waals surface area contributed by atoms with Crippen molar-refractivity contribution in [1.29, 1.82) is 0 Å². The Bertz CT molecular complexity index is 498. The van der Waals surface area contributed by atoms with Crippen LogP contribution in [0.4, 0.5) is 0 Å². The molecule has 100 valence electrons. The molecule has 0 atom stereocenters. The van der Waals surface area contributed by atoms with Gasteiger partial charge in [0, 0.05) is 0 Å². The van der Waals surface area contributed by atoms with Gasteiger partial charge in [0.25, 0.3) is 0 Å². The molecular formula is H4O12S4. The molecule has 0 aliphatic heterocycles. The zero-order chi connectivity index (χ0) is 14.0. The van der Waals surface area contributed by atoms with E-state index in [0.717, 1.165) is 0 Å². The Kier molecular flexibility index (Phi) is 5.49. The van der Waals surface area contributed by atoms with Gasteiger partial charge in [0.05, 0.1) is 0 Å². The predicted octanol–water partition coefficient (Wildman–Crippen LogP) is -2.65. The summed E-state index contributed by atoms with van der Waals surface area (Å²) in [5.41, 5.74) is 0. The molecule has 0 aromatic carbocycles. The highest BCUT2D eigenvalue weighted by Crippen LogP contribution is 1.91. The van der Waals surface area contributed by atoms with Crippen molar-refractivity contribution in [2.45, 2.75) is 0 Å². The zero-order valence-electron chi connectivity index (χ0n) is 6.69. The maximum atomic E-state index is 9.37. The van der Waals surface area contributed by atoms with Crippen molar-refractivity contribution >= 4 is 36.6 Å². The third-order valence-electron chi connectivity index (χ3n) is 0.532. The number of rotatable bonds is 2. The number of hydrogen-bond acceptors (Lipinski definition) is 8. The van der Waals surface area contributed by atoms with Crippen LogP contribution in [0.3, 0.4) is 0 Å². The van der Waals surface area contributed by atoms with Crippen molar-refractivity contribution in [3.63, 3.8) is 0 Å². The van der Waals surface area contributed by atoms with Crippen LogP contribution in [0, 0.1) is 0 Å². The highest BCUT2D eigenvalue weighted by molar-refractivity contribution is 8.62. The van der Waals surface area contributed by atoms with Crippen LogP contribution in [0.5, 0.6) is 0 Å². The normalized spacial score (nSPS) is 13.8. The SMILES string of the molecule is O=S(=O)(O)S(=O)(=O)O.O=S(=O)(O)S(=O)(=O)O. The smallest absolute Gasteiger partial charge is 0.272 e. The summed E-state index contributed by atoms with van der Waals surface area (Å²) in [7, 11) is -21.2. The van der Waals surface area contributed by atoms with Crippen molar-refractivity contribution in [1.82, 2.24) is 0 Å². The van der Waals surface area contributed by atoms with Crippen molar-refractivity contribution in [2.24, 2.45) is 0 Å². The Labute approximate surface area is 88.7 Å². The molecule has 0 unspecified atom stereocenters. The summed E-state index contributed by atoms with van der Waals surface area (Å²) in [4.78, 5) is 0. The minimum absolute atomic E-state index is 5.31. The first-order valence-electron chi connectivity index (χ1n) is 2.40. The van der Waals surface area contributed by atoms with Crippen molar-refractivity contribution < 1.29 is 51.9 Å². The fraction of sp³-hybridized carbons (Fsp3) is 0. The summed E-state index contributed by atoms with van der Waals surface area (Å²) in [6.07, 6.45) is 0. The molecule has 0 aromatic heterocycles. The zero-order valence-corrected chi connectivity index (χ0v) is 9.95. The highest BCUT2D eigenvalue weighted by atomic mass is 33.2. The second kappa shape index (κ2) is 4.87. The van der Waals surface area contributed by atoms with Crippen LogP contribution in [0.25, 0.3) is 0 Å². The van der Waals surface area contributed by atoms with E-state index < -0.39 is 36.6 Å². The number of hydrogen-bond donors (Lipinski definition) is 4. The van der Waals surface area contributed by atoms with Gasteiger partial charge in [0.2, 0.25) is 0 Å². The maximum absolute atomic E-state index is 9.37. The van der Waals surface area contributed by atoms with Gasteiger partial charge < -0.3 is 0 Å². The first kappa shape index (κ1) is 18.0. The molecule has 0 saturated heterocycles. The van der Waals surface area contributed by atoms with E-state index in [-0.39, 0.29) is 0 Å². The van der Waals surface area contributed by atoms with E-state index in [4.69, 9.17) is 18.2 Å². The molecule has 0 aromatic rings. The molecule has 0 aliphatic rings. The lowest BCUT2D eigenvalue weighted by Crippen LogP contribution is -2.11. The van der Waals surface area contributed by atoms with Gasteiger partial charge in [-0.05, 0) is 0 Å². The van der Waals surface area contributed by atoms with E-state index in [0.29, 0.717) is 0 Å². The summed E-state index contributed by atoms with van der Waals surface area (Å²) in [6, 6.07) is 0. The van der Waals surface area contributed by atoms with Crippen molar-refractivity contribution in [3.8, 4) is 0 Å². The van der Waals surface area contributed by atoms with Gasteiger partial charge in [-0.3, -0.25) is 18.2 Å². The van der Waals surface area contributed by atoms with Crippen LogP contribution < -0.4 is 0 Å². The van der Waals surface area contributed by atoms with Crippen molar-refractivity contribution in [3.05, 3.63) is 0 Å². The summed E-state index contributed by atoms with van der Waals surface area (Å²) in [5.74, 6) is 0. The average Bonchev–Trinajstić information content (AvgIpc) is 1.77. The molecule has 0 rings (SSSR count). The van der Waals surface area contributed by atoms with Crippen LogP contribution in [0.15, 0.2) is 0 Å². The van der Waals surface area contributed by atoms with E-state index >= 15 is 0 Å². The van der Waals surface area contributed by atoms with E-state index in [1.165, 1.54) is 0 Å². The van der Waals surface area contributed by atoms with Gasteiger partial charge in [-0.25, -0.2) is 0 Å². The predicted molar refractivity (Wildman–Crippen MR) is 46.2 cm³/mol. The van der Waals surface area contributed by atoms with Gasteiger partial charge in [-0.2, -0.15) is 33.7 Å². The lowest BCUT2D eigenvalue weighted by Gasteiger charge is -1.84. The molecular weight excluding hydrogens is 320 g/mol. The molecule has 0 bridgehead atoms. The van der Waals surface area contributed by atoms with Gasteiger partial charge >= 0.3 is 36.6 Å².